The van der Waals surface area contributed by atoms with Gasteiger partial charge in [0.1, 0.15) is 0 Å². The van der Waals surface area contributed by atoms with Crippen LogP contribution in [-0.4, -0.2) is 19.2 Å². The van der Waals surface area contributed by atoms with Gasteiger partial charge in [0.05, 0.1) is 5.75 Å². The first-order valence-corrected chi connectivity index (χ1v) is 9.37. The molecule has 112 valence electrons. The highest BCUT2D eigenvalue weighted by Crippen LogP contribution is 2.08. The molecule has 4 nitrogen and oxygen atoms in total. The van der Waals surface area contributed by atoms with Crippen LogP contribution in [0.5, 0.6) is 0 Å². The largest absolute Gasteiger partial charge is 0.261 e. The van der Waals surface area contributed by atoms with Crippen molar-refractivity contribution in [3.63, 3.8) is 0 Å². The zero-order valence-corrected chi connectivity index (χ0v) is 13.9. The number of pyridine rings is 1. The lowest BCUT2D eigenvalue weighted by atomic mass is 10.2. The number of halogens is 1. The normalized spacial score (nSPS) is 11.5. The molecular formula is C15H17BrN2O2S. The minimum atomic E-state index is -3.29. The van der Waals surface area contributed by atoms with Crippen LogP contribution in [0.2, 0.25) is 0 Å². The van der Waals surface area contributed by atoms with Crippen molar-refractivity contribution < 1.29 is 8.42 Å². The highest BCUT2D eigenvalue weighted by atomic mass is 79.9. The van der Waals surface area contributed by atoms with Crippen LogP contribution >= 0.6 is 15.9 Å². The van der Waals surface area contributed by atoms with E-state index >= 15 is 0 Å². The molecule has 6 heteroatoms. The summed E-state index contributed by atoms with van der Waals surface area (Å²) in [4.78, 5) is 4.12. The molecule has 0 aliphatic rings. The molecule has 1 heterocycles. The fourth-order valence-electron chi connectivity index (χ4n) is 1.80. The van der Waals surface area contributed by atoms with Crippen molar-refractivity contribution in [2.24, 2.45) is 0 Å². The van der Waals surface area contributed by atoms with Crippen LogP contribution in [0, 0.1) is 0 Å². The predicted octanol–water partition coefficient (Wildman–Crippen LogP) is 2.64. The summed E-state index contributed by atoms with van der Waals surface area (Å²) in [7, 11) is -3.29. The zero-order chi connectivity index (χ0) is 15.1. The highest BCUT2D eigenvalue weighted by molar-refractivity contribution is 9.08. The van der Waals surface area contributed by atoms with Gasteiger partial charge < -0.3 is 0 Å². The van der Waals surface area contributed by atoms with Gasteiger partial charge in [-0.15, -0.1) is 0 Å². The summed E-state index contributed by atoms with van der Waals surface area (Å²) in [5.41, 5.74) is 2.89. The Labute approximate surface area is 133 Å². The van der Waals surface area contributed by atoms with E-state index in [0.29, 0.717) is 13.0 Å². The van der Waals surface area contributed by atoms with Gasteiger partial charge in [-0.1, -0.05) is 46.3 Å². The SMILES string of the molecule is O=S(=O)(CCc1ccccn1)NCc1ccc(CBr)cc1. The van der Waals surface area contributed by atoms with Gasteiger partial charge in [0.2, 0.25) is 10.0 Å². The summed E-state index contributed by atoms with van der Waals surface area (Å²) in [6, 6.07) is 13.3. The second-order valence-electron chi connectivity index (χ2n) is 4.66. The Kier molecular flexibility index (Phi) is 5.90. The van der Waals surface area contributed by atoms with Crippen LogP contribution in [0.4, 0.5) is 0 Å². The molecule has 2 rings (SSSR count). The Bertz CT molecular complexity index is 658. The van der Waals surface area contributed by atoms with E-state index in [2.05, 4.69) is 25.6 Å². The van der Waals surface area contributed by atoms with Crippen molar-refractivity contribution >= 4 is 26.0 Å². The zero-order valence-electron chi connectivity index (χ0n) is 11.5. The van der Waals surface area contributed by atoms with Gasteiger partial charge in [-0.3, -0.25) is 4.98 Å². The maximum atomic E-state index is 12.0. The molecule has 2 aromatic rings. The quantitative estimate of drug-likeness (QED) is 0.764. The molecule has 0 saturated heterocycles. The number of benzene rings is 1. The van der Waals surface area contributed by atoms with Gasteiger partial charge in [-0.05, 0) is 23.3 Å². The number of nitrogens with one attached hydrogen (secondary N) is 1. The first kappa shape index (κ1) is 16.1. The van der Waals surface area contributed by atoms with Gasteiger partial charge in [0.25, 0.3) is 0 Å². The van der Waals surface area contributed by atoms with Gasteiger partial charge in [0, 0.05) is 30.2 Å². The summed E-state index contributed by atoms with van der Waals surface area (Å²) < 4.78 is 26.5. The molecule has 0 radical (unpaired) electrons. The van der Waals surface area contributed by atoms with Crippen LogP contribution in [0.3, 0.4) is 0 Å². The average Bonchev–Trinajstić information content (AvgIpc) is 2.53. The lowest BCUT2D eigenvalue weighted by molar-refractivity contribution is 0.580. The Morgan fingerprint density at radius 1 is 1.05 bits per heavy atom. The standard InChI is InChI=1S/C15H17BrN2O2S/c16-11-13-4-6-14(7-5-13)12-18-21(19,20)10-8-15-3-1-2-9-17-15/h1-7,9,18H,8,10-12H2. The maximum Gasteiger partial charge on any atom is 0.212 e. The van der Waals surface area contributed by atoms with Crippen LogP contribution in [0.1, 0.15) is 16.8 Å². The second-order valence-corrected chi connectivity index (χ2v) is 7.15. The molecule has 1 aromatic heterocycles. The minimum Gasteiger partial charge on any atom is -0.261 e. The van der Waals surface area contributed by atoms with Crippen LogP contribution < -0.4 is 4.72 Å². The molecule has 0 saturated carbocycles. The summed E-state index contributed by atoms with van der Waals surface area (Å²) in [6.45, 7) is 0.313. The van der Waals surface area contributed by atoms with Gasteiger partial charge >= 0.3 is 0 Å². The number of rotatable bonds is 7. The number of hydrogen-bond acceptors (Lipinski definition) is 3. The molecule has 0 spiro atoms. The van der Waals surface area contributed by atoms with Gasteiger partial charge in [-0.25, -0.2) is 13.1 Å². The Balaban J connectivity index is 1.85. The molecule has 0 aliphatic heterocycles. The third kappa shape index (κ3) is 5.57. The van der Waals surface area contributed by atoms with Gasteiger partial charge in [-0.2, -0.15) is 0 Å². The molecule has 1 aromatic carbocycles. The summed E-state index contributed by atoms with van der Waals surface area (Å²) in [5.74, 6) is 0.0451. The van der Waals surface area contributed by atoms with Crippen molar-refractivity contribution in [2.75, 3.05) is 5.75 Å². The van der Waals surface area contributed by atoms with E-state index in [-0.39, 0.29) is 5.75 Å². The molecule has 0 bridgehead atoms. The highest BCUT2D eigenvalue weighted by Gasteiger charge is 2.10. The Morgan fingerprint density at radius 3 is 2.38 bits per heavy atom. The van der Waals surface area contributed by atoms with Gasteiger partial charge in [0.15, 0.2) is 0 Å². The molecule has 0 fully saturated rings. The van der Waals surface area contributed by atoms with Crippen molar-refractivity contribution in [1.29, 1.82) is 0 Å². The number of aryl methyl sites for hydroxylation is 1. The third-order valence-corrected chi connectivity index (χ3v) is 5.00. The summed E-state index contributed by atoms with van der Waals surface area (Å²) in [5, 5.41) is 0.795. The number of alkyl halides is 1. The van der Waals surface area contributed by atoms with E-state index in [1.54, 1.807) is 6.20 Å². The van der Waals surface area contributed by atoms with Crippen molar-refractivity contribution in [3.8, 4) is 0 Å². The van der Waals surface area contributed by atoms with E-state index in [0.717, 1.165) is 22.2 Å². The molecule has 0 amide bonds. The number of hydrogen-bond donors (Lipinski definition) is 1. The second kappa shape index (κ2) is 7.68. The van der Waals surface area contributed by atoms with E-state index in [1.807, 2.05) is 42.5 Å². The van der Waals surface area contributed by atoms with Crippen molar-refractivity contribution in [2.45, 2.75) is 18.3 Å². The van der Waals surface area contributed by atoms with Crippen molar-refractivity contribution in [1.82, 2.24) is 9.71 Å². The van der Waals surface area contributed by atoms with E-state index < -0.39 is 10.0 Å². The lowest BCUT2D eigenvalue weighted by Gasteiger charge is -2.07. The molecule has 21 heavy (non-hydrogen) atoms. The van der Waals surface area contributed by atoms with E-state index in [4.69, 9.17) is 0 Å². The third-order valence-electron chi connectivity index (χ3n) is 3.03. The number of nitrogens with zero attached hydrogens (tertiary/aromatic N) is 1. The predicted molar refractivity (Wildman–Crippen MR) is 87.6 cm³/mol. The van der Waals surface area contributed by atoms with Crippen molar-refractivity contribution in [3.05, 3.63) is 65.5 Å². The minimum absolute atomic E-state index is 0.0451. The number of sulfonamides is 1. The number of aromatic nitrogens is 1. The van der Waals surface area contributed by atoms with E-state index in [1.165, 1.54) is 0 Å². The average molecular weight is 369 g/mol. The molecular weight excluding hydrogens is 352 g/mol. The summed E-state index contributed by atoms with van der Waals surface area (Å²) in [6.07, 6.45) is 2.08. The van der Waals surface area contributed by atoms with Crippen LogP contribution in [0.15, 0.2) is 48.7 Å². The topological polar surface area (TPSA) is 59.1 Å². The lowest BCUT2D eigenvalue weighted by Crippen LogP contribution is -2.27. The molecule has 1 N–H and O–H groups in total. The summed E-state index contributed by atoms with van der Waals surface area (Å²) >= 11 is 3.38. The van der Waals surface area contributed by atoms with Crippen LogP contribution in [-0.2, 0) is 28.3 Å². The van der Waals surface area contributed by atoms with E-state index in [9.17, 15) is 8.42 Å². The monoisotopic (exact) mass is 368 g/mol. The molecule has 0 atom stereocenters. The van der Waals surface area contributed by atoms with Crippen LogP contribution in [0.25, 0.3) is 0 Å². The Hall–Kier alpha value is -1.24. The first-order valence-electron chi connectivity index (χ1n) is 6.60. The maximum absolute atomic E-state index is 12.0. The molecule has 0 aliphatic carbocycles. The Morgan fingerprint density at radius 2 is 1.76 bits per heavy atom. The molecule has 0 unspecified atom stereocenters. The smallest absolute Gasteiger partial charge is 0.212 e. The fourth-order valence-corrected chi connectivity index (χ4v) is 3.18. The first-order chi connectivity index (χ1) is 10.1. The fraction of sp³-hybridized carbons (Fsp3) is 0.267.